The van der Waals surface area contributed by atoms with E-state index >= 15 is 0 Å². The smallest absolute Gasteiger partial charge is 0.165 e. The van der Waals surface area contributed by atoms with Crippen molar-refractivity contribution in [2.24, 2.45) is 0 Å². The van der Waals surface area contributed by atoms with Crippen molar-refractivity contribution >= 4 is 13.3 Å². The quantitative estimate of drug-likeness (QED) is 0.690. The van der Waals surface area contributed by atoms with Gasteiger partial charge in [0.2, 0.25) is 0 Å². The standard InChI is InChI=1S/C10H14F2OSi/c1-13-9-7(11)5-6-8(12)10(9)14(2,3)4/h5-6H,1-4H3. The van der Waals surface area contributed by atoms with Gasteiger partial charge in [0.25, 0.3) is 0 Å². The zero-order valence-corrected chi connectivity index (χ0v) is 9.82. The van der Waals surface area contributed by atoms with Crippen LogP contribution in [0, 0.1) is 11.6 Å². The Kier molecular flexibility index (Phi) is 2.94. The van der Waals surface area contributed by atoms with Crippen molar-refractivity contribution in [2.45, 2.75) is 19.6 Å². The molecule has 1 aromatic carbocycles. The Hall–Kier alpha value is -0.903. The summed E-state index contributed by atoms with van der Waals surface area (Å²) in [5, 5.41) is 0.417. The van der Waals surface area contributed by atoms with Crippen LogP contribution in [-0.4, -0.2) is 15.2 Å². The minimum atomic E-state index is -1.91. The number of hydrogen-bond donors (Lipinski definition) is 0. The molecule has 0 N–H and O–H groups in total. The van der Waals surface area contributed by atoms with Crippen molar-refractivity contribution in [2.75, 3.05) is 7.11 Å². The maximum absolute atomic E-state index is 13.5. The first-order valence-corrected chi connectivity index (χ1v) is 7.90. The van der Waals surface area contributed by atoms with Crippen LogP contribution in [0.2, 0.25) is 19.6 Å². The van der Waals surface area contributed by atoms with Gasteiger partial charge in [0.05, 0.1) is 15.2 Å². The first-order chi connectivity index (χ1) is 6.38. The molecule has 0 radical (unpaired) electrons. The summed E-state index contributed by atoms with van der Waals surface area (Å²) in [6, 6.07) is 2.25. The fourth-order valence-corrected chi connectivity index (χ4v) is 3.13. The van der Waals surface area contributed by atoms with E-state index in [2.05, 4.69) is 0 Å². The molecule has 0 aliphatic heterocycles. The van der Waals surface area contributed by atoms with Crippen molar-refractivity contribution in [3.8, 4) is 5.75 Å². The predicted octanol–water partition coefficient (Wildman–Crippen LogP) is 2.52. The Morgan fingerprint density at radius 2 is 1.57 bits per heavy atom. The van der Waals surface area contributed by atoms with Crippen molar-refractivity contribution in [3.63, 3.8) is 0 Å². The highest BCUT2D eigenvalue weighted by Crippen LogP contribution is 2.20. The van der Waals surface area contributed by atoms with Gasteiger partial charge in [-0.15, -0.1) is 0 Å². The molecule has 1 rings (SSSR count). The number of halogens is 2. The number of methoxy groups -OCH3 is 1. The molecule has 4 heteroatoms. The van der Waals surface area contributed by atoms with Crippen LogP contribution in [0.4, 0.5) is 8.78 Å². The molecule has 0 bridgehead atoms. The van der Waals surface area contributed by atoms with Gasteiger partial charge in [-0.1, -0.05) is 19.6 Å². The number of ether oxygens (including phenoxy) is 1. The summed E-state index contributed by atoms with van der Waals surface area (Å²) < 4.78 is 31.7. The summed E-state index contributed by atoms with van der Waals surface area (Å²) >= 11 is 0. The fourth-order valence-electron chi connectivity index (χ4n) is 1.43. The third-order valence-electron chi connectivity index (χ3n) is 2.01. The van der Waals surface area contributed by atoms with Crippen molar-refractivity contribution in [3.05, 3.63) is 23.8 Å². The Morgan fingerprint density at radius 3 is 1.93 bits per heavy atom. The topological polar surface area (TPSA) is 9.23 Å². The van der Waals surface area contributed by atoms with Gasteiger partial charge in [-0.2, -0.15) is 0 Å². The molecule has 0 atom stereocenters. The van der Waals surface area contributed by atoms with Crippen LogP contribution in [0.3, 0.4) is 0 Å². The molecule has 0 unspecified atom stereocenters. The van der Waals surface area contributed by atoms with Gasteiger partial charge < -0.3 is 4.74 Å². The van der Waals surface area contributed by atoms with E-state index in [-0.39, 0.29) is 11.6 Å². The van der Waals surface area contributed by atoms with Crippen LogP contribution in [-0.2, 0) is 0 Å². The fraction of sp³-hybridized carbons (Fsp3) is 0.400. The number of benzene rings is 1. The van der Waals surface area contributed by atoms with E-state index in [0.717, 1.165) is 12.1 Å². The van der Waals surface area contributed by atoms with Gasteiger partial charge in [-0.05, 0) is 12.1 Å². The maximum Gasteiger partial charge on any atom is 0.165 e. The molecule has 0 heterocycles. The van der Waals surface area contributed by atoms with Crippen LogP contribution in [0.1, 0.15) is 0 Å². The summed E-state index contributed by atoms with van der Waals surface area (Å²) in [6.45, 7) is 5.86. The summed E-state index contributed by atoms with van der Waals surface area (Å²) in [4.78, 5) is 0. The van der Waals surface area contributed by atoms with E-state index in [0.29, 0.717) is 5.19 Å². The third kappa shape index (κ3) is 1.95. The predicted molar refractivity (Wildman–Crippen MR) is 55.9 cm³/mol. The highest BCUT2D eigenvalue weighted by Gasteiger charge is 2.27. The second kappa shape index (κ2) is 3.69. The van der Waals surface area contributed by atoms with Gasteiger partial charge in [-0.3, -0.25) is 0 Å². The summed E-state index contributed by atoms with van der Waals surface area (Å²) in [6.07, 6.45) is 0. The lowest BCUT2D eigenvalue weighted by atomic mass is 10.3. The maximum atomic E-state index is 13.5. The molecule has 0 spiro atoms. The molecule has 0 saturated heterocycles. The number of rotatable bonds is 2. The zero-order valence-electron chi connectivity index (χ0n) is 8.82. The Morgan fingerprint density at radius 1 is 1.07 bits per heavy atom. The van der Waals surface area contributed by atoms with E-state index < -0.39 is 13.9 Å². The molecule has 0 aliphatic carbocycles. The first kappa shape index (κ1) is 11.2. The van der Waals surface area contributed by atoms with Gasteiger partial charge >= 0.3 is 0 Å². The van der Waals surface area contributed by atoms with Crippen molar-refractivity contribution < 1.29 is 13.5 Å². The minimum Gasteiger partial charge on any atom is -0.494 e. The molecule has 14 heavy (non-hydrogen) atoms. The molecule has 0 saturated carbocycles. The molecule has 78 valence electrons. The van der Waals surface area contributed by atoms with Gasteiger partial charge in [-0.25, -0.2) is 8.78 Å². The van der Waals surface area contributed by atoms with Crippen LogP contribution in [0.25, 0.3) is 0 Å². The summed E-state index contributed by atoms with van der Waals surface area (Å²) in [5.41, 5.74) is 0. The molecule has 1 nitrogen and oxygen atoms in total. The van der Waals surface area contributed by atoms with E-state index in [4.69, 9.17) is 4.74 Å². The Balaban J connectivity index is 3.46. The minimum absolute atomic E-state index is 0.0594. The van der Waals surface area contributed by atoms with Crippen LogP contribution in [0.15, 0.2) is 12.1 Å². The van der Waals surface area contributed by atoms with Gasteiger partial charge in [0.1, 0.15) is 5.82 Å². The average molecular weight is 216 g/mol. The first-order valence-electron chi connectivity index (χ1n) is 4.40. The van der Waals surface area contributed by atoms with E-state index in [9.17, 15) is 8.78 Å². The lowest BCUT2D eigenvalue weighted by Gasteiger charge is -2.20. The van der Waals surface area contributed by atoms with E-state index in [1.165, 1.54) is 7.11 Å². The van der Waals surface area contributed by atoms with E-state index in [1.807, 2.05) is 19.6 Å². The van der Waals surface area contributed by atoms with Gasteiger partial charge in [0.15, 0.2) is 11.6 Å². The zero-order chi connectivity index (χ0) is 10.9. The molecule has 0 aliphatic rings. The SMILES string of the molecule is COc1c(F)ccc(F)c1[Si](C)(C)C. The third-order valence-corrected chi connectivity index (χ3v) is 3.98. The molecular weight excluding hydrogens is 202 g/mol. The summed E-state index contributed by atoms with van der Waals surface area (Å²) in [7, 11) is -0.552. The van der Waals surface area contributed by atoms with Crippen molar-refractivity contribution in [1.29, 1.82) is 0 Å². The Labute approximate surface area is 83.7 Å². The van der Waals surface area contributed by atoms with E-state index in [1.54, 1.807) is 0 Å². The van der Waals surface area contributed by atoms with Crippen LogP contribution < -0.4 is 9.92 Å². The molecule has 0 amide bonds. The normalized spacial score (nSPS) is 11.6. The largest absolute Gasteiger partial charge is 0.494 e. The molecule has 0 aromatic heterocycles. The Bertz CT molecular complexity index is 345. The van der Waals surface area contributed by atoms with Gasteiger partial charge in [0, 0.05) is 5.19 Å². The van der Waals surface area contributed by atoms with Crippen LogP contribution >= 0.6 is 0 Å². The average Bonchev–Trinajstić information content (AvgIpc) is 2.06. The lowest BCUT2D eigenvalue weighted by molar-refractivity contribution is 0.387. The second-order valence-corrected chi connectivity index (χ2v) is 9.19. The lowest BCUT2D eigenvalue weighted by Crippen LogP contribution is -2.41. The highest BCUT2D eigenvalue weighted by atomic mass is 28.3. The second-order valence-electron chi connectivity index (χ2n) is 4.19. The molecular formula is C10H14F2OSi. The highest BCUT2D eigenvalue weighted by molar-refractivity contribution is 6.89. The molecule has 1 aromatic rings. The monoisotopic (exact) mass is 216 g/mol. The molecule has 0 fully saturated rings. The summed E-state index contributed by atoms with van der Waals surface area (Å²) in [5.74, 6) is -0.807. The number of hydrogen-bond acceptors (Lipinski definition) is 1. The van der Waals surface area contributed by atoms with Crippen molar-refractivity contribution in [1.82, 2.24) is 0 Å². The van der Waals surface area contributed by atoms with Crippen LogP contribution in [0.5, 0.6) is 5.75 Å².